The molecule has 1 aliphatic rings. The molecular formula is C19H31N3O2. The third-order valence-corrected chi connectivity index (χ3v) is 4.94. The van der Waals surface area contributed by atoms with Crippen molar-refractivity contribution in [2.24, 2.45) is 11.3 Å². The second kappa shape index (κ2) is 7.95. The predicted molar refractivity (Wildman–Crippen MR) is 96.1 cm³/mol. The van der Waals surface area contributed by atoms with E-state index in [-0.39, 0.29) is 5.97 Å². The Morgan fingerprint density at radius 2 is 1.92 bits per heavy atom. The van der Waals surface area contributed by atoms with Crippen LogP contribution in [0, 0.1) is 18.3 Å². The molecule has 1 N–H and O–H groups in total. The van der Waals surface area contributed by atoms with Gasteiger partial charge in [-0.05, 0) is 50.4 Å². The normalized spacial score (nSPS) is 21.4. The van der Waals surface area contributed by atoms with Crippen LogP contribution in [0.1, 0.15) is 71.9 Å². The van der Waals surface area contributed by atoms with E-state index < -0.39 is 0 Å². The van der Waals surface area contributed by atoms with Crippen molar-refractivity contribution < 1.29 is 9.53 Å². The van der Waals surface area contributed by atoms with E-state index in [9.17, 15) is 4.79 Å². The SMILES string of the molecule is CCCC(=O)Oc1c(C)ncnc1NC1CCC(C(C)(C)C)CC1. The molecule has 1 aromatic rings. The number of aryl methyl sites for hydroxylation is 1. The highest BCUT2D eigenvalue weighted by Gasteiger charge is 2.30. The van der Waals surface area contributed by atoms with Crippen LogP contribution in [0.3, 0.4) is 0 Å². The molecule has 5 heteroatoms. The summed E-state index contributed by atoms with van der Waals surface area (Å²) in [6, 6.07) is 0.376. The molecule has 1 heterocycles. The number of esters is 1. The number of ether oxygens (including phenoxy) is 1. The van der Waals surface area contributed by atoms with Crippen molar-refractivity contribution >= 4 is 11.8 Å². The van der Waals surface area contributed by atoms with Crippen molar-refractivity contribution in [2.45, 2.75) is 79.2 Å². The summed E-state index contributed by atoms with van der Waals surface area (Å²) in [6.45, 7) is 10.8. The predicted octanol–water partition coefficient (Wildman–Crippen LogP) is 4.51. The molecule has 1 aromatic heterocycles. The zero-order valence-electron chi connectivity index (χ0n) is 15.7. The van der Waals surface area contributed by atoms with Crippen molar-refractivity contribution in [1.82, 2.24) is 9.97 Å². The quantitative estimate of drug-likeness (QED) is 0.803. The smallest absolute Gasteiger partial charge is 0.311 e. The third-order valence-electron chi connectivity index (χ3n) is 4.94. The highest BCUT2D eigenvalue weighted by atomic mass is 16.5. The lowest BCUT2D eigenvalue weighted by Crippen LogP contribution is -2.32. The van der Waals surface area contributed by atoms with Gasteiger partial charge < -0.3 is 10.1 Å². The zero-order valence-corrected chi connectivity index (χ0v) is 15.7. The van der Waals surface area contributed by atoms with E-state index in [0.717, 1.165) is 25.2 Å². The lowest BCUT2D eigenvalue weighted by atomic mass is 9.71. The minimum atomic E-state index is -0.227. The van der Waals surface area contributed by atoms with Crippen LogP contribution in [0.2, 0.25) is 0 Å². The Morgan fingerprint density at radius 1 is 1.25 bits per heavy atom. The maximum atomic E-state index is 11.9. The maximum Gasteiger partial charge on any atom is 0.311 e. The topological polar surface area (TPSA) is 64.1 Å². The molecule has 1 saturated carbocycles. The summed E-state index contributed by atoms with van der Waals surface area (Å²) in [6.07, 6.45) is 7.37. The number of hydrogen-bond acceptors (Lipinski definition) is 5. The summed E-state index contributed by atoms with van der Waals surface area (Å²) >= 11 is 0. The summed E-state index contributed by atoms with van der Waals surface area (Å²) in [4.78, 5) is 20.3. The van der Waals surface area contributed by atoms with Gasteiger partial charge >= 0.3 is 5.97 Å². The van der Waals surface area contributed by atoms with Crippen molar-refractivity contribution in [3.63, 3.8) is 0 Å². The maximum absolute atomic E-state index is 11.9. The highest BCUT2D eigenvalue weighted by Crippen LogP contribution is 2.39. The lowest BCUT2D eigenvalue weighted by Gasteiger charge is -2.37. The molecule has 5 nitrogen and oxygen atoms in total. The highest BCUT2D eigenvalue weighted by molar-refractivity contribution is 5.74. The van der Waals surface area contributed by atoms with Gasteiger partial charge in [-0.15, -0.1) is 0 Å². The fraction of sp³-hybridized carbons (Fsp3) is 0.737. The fourth-order valence-corrected chi connectivity index (χ4v) is 3.35. The molecule has 1 aliphatic carbocycles. The second-order valence-corrected chi connectivity index (χ2v) is 7.92. The first-order valence-corrected chi connectivity index (χ1v) is 9.10. The molecule has 0 amide bonds. The van der Waals surface area contributed by atoms with Gasteiger partial charge in [0, 0.05) is 12.5 Å². The molecule has 0 unspecified atom stereocenters. The minimum Gasteiger partial charge on any atom is -0.421 e. The first-order valence-electron chi connectivity index (χ1n) is 9.10. The summed E-state index contributed by atoms with van der Waals surface area (Å²) in [7, 11) is 0. The van der Waals surface area contributed by atoms with Gasteiger partial charge in [0.15, 0.2) is 11.6 Å². The van der Waals surface area contributed by atoms with Gasteiger partial charge in [-0.2, -0.15) is 0 Å². The van der Waals surface area contributed by atoms with E-state index in [4.69, 9.17) is 4.74 Å². The van der Waals surface area contributed by atoms with Gasteiger partial charge in [0.1, 0.15) is 6.33 Å². The van der Waals surface area contributed by atoms with Crippen LogP contribution in [0.5, 0.6) is 5.75 Å². The molecule has 2 rings (SSSR count). The number of carbonyl (C=O) groups excluding carboxylic acids is 1. The van der Waals surface area contributed by atoms with Gasteiger partial charge in [0.25, 0.3) is 0 Å². The number of nitrogens with zero attached hydrogens (tertiary/aromatic N) is 2. The number of hydrogen-bond donors (Lipinski definition) is 1. The second-order valence-electron chi connectivity index (χ2n) is 7.92. The van der Waals surface area contributed by atoms with Crippen molar-refractivity contribution in [2.75, 3.05) is 5.32 Å². The van der Waals surface area contributed by atoms with Gasteiger partial charge in [-0.25, -0.2) is 9.97 Å². The Kier molecular flexibility index (Phi) is 6.19. The molecule has 134 valence electrons. The molecule has 0 bridgehead atoms. The van der Waals surface area contributed by atoms with Crippen molar-refractivity contribution in [3.8, 4) is 5.75 Å². The van der Waals surface area contributed by atoms with Crippen LogP contribution in [0.4, 0.5) is 5.82 Å². The Hall–Kier alpha value is -1.65. The van der Waals surface area contributed by atoms with E-state index in [1.807, 2.05) is 13.8 Å². The lowest BCUT2D eigenvalue weighted by molar-refractivity contribution is -0.134. The van der Waals surface area contributed by atoms with Crippen LogP contribution in [-0.2, 0) is 4.79 Å². The number of carbonyl (C=O) groups is 1. The number of rotatable bonds is 5. The van der Waals surface area contributed by atoms with E-state index in [0.29, 0.717) is 35.1 Å². The Balaban J connectivity index is 2.03. The average molecular weight is 333 g/mol. The molecule has 0 radical (unpaired) electrons. The molecule has 0 saturated heterocycles. The summed E-state index contributed by atoms with van der Waals surface area (Å²) in [5.41, 5.74) is 1.07. The largest absolute Gasteiger partial charge is 0.421 e. The standard InChI is InChI=1S/C19H31N3O2/c1-6-7-16(23)24-17-13(2)20-12-21-18(17)22-15-10-8-14(9-11-15)19(3,4)5/h12,14-15H,6-11H2,1-5H3,(H,20,21,22). The van der Waals surface area contributed by atoms with Crippen LogP contribution in [0.15, 0.2) is 6.33 Å². The third kappa shape index (κ3) is 4.92. The molecule has 24 heavy (non-hydrogen) atoms. The van der Waals surface area contributed by atoms with Gasteiger partial charge in [-0.1, -0.05) is 27.7 Å². The summed E-state index contributed by atoms with van der Waals surface area (Å²) in [5.74, 6) is 1.67. The van der Waals surface area contributed by atoms with E-state index in [1.165, 1.54) is 19.2 Å². The first-order chi connectivity index (χ1) is 11.3. The van der Waals surface area contributed by atoms with Crippen LogP contribution < -0.4 is 10.1 Å². The van der Waals surface area contributed by atoms with Gasteiger partial charge in [0.05, 0.1) is 5.69 Å². The Labute approximate surface area is 145 Å². The fourth-order valence-electron chi connectivity index (χ4n) is 3.35. The monoisotopic (exact) mass is 333 g/mol. The van der Waals surface area contributed by atoms with E-state index in [1.54, 1.807) is 0 Å². The first kappa shape index (κ1) is 18.7. The van der Waals surface area contributed by atoms with Gasteiger partial charge in [0.2, 0.25) is 0 Å². The van der Waals surface area contributed by atoms with Crippen LogP contribution in [-0.4, -0.2) is 22.0 Å². The average Bonchev–Trinajstić information content (AvgIpc) is 2.51. The molecule has 0 spiro atoms. The Morgan fingerprint density at radius 3 is 2.50 bits per heavy atom. The summed E-state index contributed by atoms with van der Waals surface area (Å²) in [5, 5.41) is 3.48. The molecular weight excluding hydrogens is 302 g/mol. The molecule has 0 aromatic carbocycles. The van der Waals surface area contributed by atoms with Gasteiger partial charge in [-0.3, -0.25) is 4.79 Å². The van der Waals surface area contributed by atoms with Crippen molar-refractivity contribution in [1.29, 1.82) is 0 Å². The van der Waals surface area contributed by atoms with Crippen LogP contribution in [0.25, 0.3) is 0 Å². The van der Waals surface area contributed by atoms with Crippen molar-refractivity contribution in [3.05, 3.63) is 12.0 Å². The number of nitrogens with one attached hydrogen (secondary N) is 1. The molecule has 0 atom stereocenters. The van der Waals surface area contributed by atoms with Crippen LogP contribution >= 0.6 is 0 Å². The van der Waals surface area contributed by atoms with E-state index >= 15 is 0 Å². The summed E-state index contributed by atoms with van der Waals surface area (Å²) < 4.78 is 5.51. The zero-order chi connectivity index (χ0) is 17.7. The number of aromatic nitrogens is 2. The Bertz CT molecular complexity index is 558. The molecule has 1 fully saturated rings. The number of anilines is 1. The van der Waals surface area contributed by atoms with E-state index in [2.05, 4.69) is 36.1 Å². The molecule has 0 aliphatic heterocycles. The minimum absolute atomic E-state index is 0.227.